The molecule has 0 atom stereocenters. The van der Waals surface area contributed by atoms with Crippen molar-refractivity contribution in [2.45, 2.75) is 0 Å². The number of hydrazine groups is 2. The molecule has 2 fully saturated rings. The van der Waals surface area contributed by atoms with Crippen molar-refractivity contribution >= 4 is 58.8 Å². The summed E-state index contributed by atoms with van der Waals surface area (Å²) in [5.41, 5.74) is -0.365. The predicted molar refractivity (Wildman–Crippen MR) is 173 cm³/mol. The predicted octanol–water partition coefficient (Wildman–Crippen LogP) is 4.59. The molecule has 0 bridgehead atoms. The van der Waals surface area contributed by atoms with Crippen LogP contribution in [0, 0.1) is 36.3 Å². The number of rotatable bonds is 6. The molecule has 6 amide bonds. The lowest BCUT2D eigenvalue weighted by molar-refractivity contribution is -0.110. The zero-order valence-corrected chi connectivity index (χ0v) is 28.0. The smallest absolute Gasteiger partial charge is 0.430 e. The molecule has 2 saturated heterocycles. The number of hydrogen-bond acceptors (Lipinski definition) is 10. The number of benzene rings is 2. The number of carbonyl (C=O) groups excluding carboxylic acids is 4. The van der Waals surface area contributed by atoms with E-state index in [1.165, 1.54) is 26.4 Å². The molecule has 16 nitrogen and oxygen atoms in total. The first kappa shape index (κ1) is 39.0. The summed E-state index contributed by atoms with van der Waals surface area (Å²) in [4.78, 5) is 48.2. The van der Waals surface area contributed by atoms with E-state index in [9.17, 15) is 28.0 Å². The Bertz CT molecular complexity index is 1540. The normalized spacial score (nSPS) is 13.8. The third-order valence-corrected chi connectivity index (χ3v) is 6.88. The number of ether oxygens (including phenoxy) is 6. The zero-order chi connectivity index (χ0) is 36.8. The van der Waals surface area contributed by atoms with Crippen molar-refractivity contribution in [2.75, 3.05) is 77.8 Å². The van der Waals surface area contributed by atoms with Crippen molar-refractivity contribution in [1.82, 2.24) is 20.0 Å². The number of anilines is 2. The molecule has 0 saturated carbocycles. The molecular weight excluding hydrogens is 713 g/mol. The van der Waals surface area contributed by atoms with E-state index in [0.29, 0.717) is 0 Å². The van der Waals surface area contributed by atoms with Crippen LogP contribution in [0.25, 0.3) is 0 Å². The van der Waals surface area contributed by atoms with Gasteiger partial charge in [0.15, 0.2) is 0 Å². The van der Waals surface area contributed by atoms with Crippen molar-refractivity contribution < 1.29 is 56.4 Å². The van der Waals surface area contributed by atoms with E-state index in [2.05, 4.69) is 31.9 Å². The van der Waals surface area contributed by atoms with Crippen LogP contribution in [0.2, 0.25) is 10.0 Å². The Morgan fingerprint density at radius 3 is 1.46 bits per heavy atom. The zero-order valence-electron chi connectivity index (χ0n) is 26.5. The lowest BCUT2D eigenvalue weighted by atomic mass is 10.3. The van der Waals surface area contributed by atoms with Gasteiger partial charge in [-0.3, -0.25) is 0 Å². The molecule has 2 aliphatic rings. The van der Waals surface area contributed by atoms with Crippen molar-refractivity contribution in [3.05, 3.63) is 45.9 Å². The van der Waals surface area contributed by atoms with E-state index < -0.39 is 35.9 Å². The van der Waals surface area contributed by atoms with Gasteiger partial charge in [0.25, 0.3) is 0 Å². The second kappa shape index (κ2) is 19.0. The van der Waals surface area contributed by atoms with E-state index in [4.69, 9.17) is 55.0 Å². The van der Waals surface area contributed by atoms with E-state index >= 15 is 0 Å². The molecule has 2 aliphatic heterocycles. The van der Waals surface area contributed by atoms with Crippen molar-refractivity contribution in [3.8, 4) is 36.2 Å². The minimum absolute atomic E-state index is 0.00769. The van der Waals surface area contributed by atoms with Crippen LogP contribution in [0.5, 0.6) is 11.5 Å². The minimum atomic E-state index is -0.788. The summed E-state index contributed by atoms with van der Waals surface area (Å²) in [5, 5.41) is 8.70. The van der Waals surface area contributed by atoms with Gasteiger partial charge in [0.2, 0.25) is 0 Å². The highest BCUT2D eigenvalue weighted by atomic mass is 35.5. The fraction of sp³-hybridized carbons (Fsp3) is 0.333. The number of terminal acetylenes is 2. The van der Waals surface area contributed by atoms with Crippen LogP contribution >= 0.6 is 23.2 Å². The van der Waals surface area contributed by atoms with Crippen LogP contribution < -0.4 is 20.1 Å². The average Bonchev–Trinajstić information content (AvgIpc) is 3.12. The van der Waals surface area contributed by atoms with Gasteiger partial charge in [0.1, 0.15) is 49.8 Å². The maximum atomic E-state index is 14.1. The fourth-order valence-electron chi connectivity index (χ4n) is 3.99. The first-order chi connectivity index (χ1) is 23.9. The summed E-state index contributed by atoms with van der Waals surface area (Å²) < 4.78 is 57.9. The van der Waals surface area contributed by atoms with Gasteiger partial charge in [0, 0.05) is 12.1 Å². The molecule has 2 aromatic carbocycles. The number of amides is 6. The van der Waals surface area contributed by atoms with Crippen LogP contribution in [0.4, 0.5) is 39.3 Å². The third kappa shape index (κ3) is 10.3. The summed E-state index contributed by atoms with van der Waals surface area (Å²) >= 11 is 11.7. The maximum Gasteiger partial charge on any atom is 0.430 e. The highest BCUT2D eigenvalue weighted by molar-refractivity contribution is 6.32. The van der Waals surface area contributed by atoms with E-state index in [0.717, 1.165) is 32.2 Å². The average molecular weight is 744 g/mol. The standard InChI is InChI=1S/2C15H15ClFN3O5/c2*1-3-5-25-13-8-12(11(17)7-10(13)16)18-14(21)19-4-6-24-9-20(19)15(22)23-2/h2*1,7-8H,4-6,9H2,2H3,(H,18,21). The molecule has 4 rings (SSSR count). The minimum Gasteiger partial charge on any atom is -0.479 e. The second-order valence-electron chi connectivity index (χ2n) is 9.43. The van der Waals surface area contributed by atoms with Gasteiger partial charge in [-0.2, -0.15) is 10.0 Å². The Morgan fingerprint density at radius 1 is 0.740 bits per heavy atom. The molecule has 2 aromatic rings. The number of hydrogen-bond donors (Lipinski definition) is 2. The molecule has 0 spiro atoms. The highest BCUT2D eigenvalue weighted by Crippen LogP contribution is 2.32. The Labute approximate surface area is 294 Å². The number of carbonyl (C=O) groups is 4. The van der Waals surface area contributed by atoms with Crippen LogP contribution in [-0.4, -0.2) is 111 Å². The molecule has 2 N–H and O–H groups in total. The number of urea groups is 2. The summed E-state index contributed by atoms with van der Waals surface area (Å²) in [6, 6.07) is 2.88. The number of nitrogens with zero attached hydrogens (tertiary/aromatic N) is 4. The lowest BCUT2D eigenvalue weighted by Crippen LogP contribution is -2.56. The van der Waals surface area contributed by atoms with Crippen LogP contribution in [0.3, 0.4) is 0 Å². The molecule has 50 heavy (non-hydrogen) atoms. The number of nitrogens with one attached hydrogen (secondary N) is 2. The van der Waals surface area contributed by atoms with Gasteiger partial charge < -0.3 is 39.1 Å². The molecule has 0 radical (unpaired) electrons. The quantitative estimate of drug-likeness (QED) is 0.401. The van der Waals surface area contributed by atoms with Crippen molar-refractivity contribution in [2.24, 2.45) is 0 Å². The number of methoxy groups -OCH3 is 2. The van der Waals surface area contributed by atoms with Gasteiger partial charge in [-0.05, 0) is 12.1 Å². The second-order valence-corrected chi connectivity index (χ2v) is 10.2. The van der Waals surface area contributed by atoms with Gasteiger partial charge in [0.05, 0.1) is 61.9 Å². The molecule has 0 aromatic heterocycles. The maximum absolute atomic E-state index is 14.1. The van der Waals surface area contributed by atoms with Gasteiger partial charge >= 0.3 is 24.2 Å². The van der Waals surface area contributed by atoms with Crippen molar-refractivity contribution in [3.63, 3.8) is 0 Å². The van der Waals surface area contributed by atoms with Gasteiger partial charge in [-0.1, -0.05) is 35.0 Å². The molecule has 0 aliphatic carbocycles. The van der Waals surface area contributed by atoms with Crippen LogP contribution in [0.1, 0.15) is 0 Å². The van der Waals surface area contributed by atoms with E-state index in [1.54, 1.807) is 0 Å². The Kier molecular flexibility index (Phi) is 14.8. The van der Waals surface area contributed by atoms with Crippen molar-refractivity contribution in [1.29, 1.82) is 0 Å². The SMILES string of the molecule is C#CCOc1cc(NC(=O)N2CCOCN2C(=O)OC)c(F)cc1Cl.C#CCOc1cc(NC(=O)N2CCOCN2C(=O)OC)c(F)cc1Cl. The van der Waals surface area contributed by atoms with Crippen LogP contribution in [-0.2, 0) is 18.9 Å². The third-order valence-electron chi connectivity index (χ3n) is 6.29. The van der Waals surface area contributed by atoms with Gasteiger partial charge in [-0.25, -0.2) is 38.0 Å². The number of halogens is 4. The van der Waals surface area contributed by atoms with E-state index in [-0.39, 0.29) is 85.9 Å². The summed E-state index contributed by atoms with van der Waals surface area (Å²) in [6.45, 7) is 0.102. The molecule has 2 heterocycles. The Morgan fingerprint density at radius 2 is 1.12 bits per heavy atom. The molecule has 268 valence electrons. The molecular formula is C30H30Cl2F2N6O10. The van der Waals surface area contributed by atoms with Crippen LogP contribution in [0.15, 0.2) is 24.3 Å². The molecule has 20 heteroatoms. The topological polar surface area (TPSA) is 161 Å². The van der Waals surface area contributed by atoms with E-state index in [1.807, 2.05) is 0 Å². The summed E-state index contributed by atoms with van der Waals surface area (Å²) in [6.07, 6.45) is 8.62. The Hall–Kier alpha value is -5.40. The van der Waals surface area contributed by atoms with Gasteiger partial charge in [-0.15, -0.1) is 12.8 Å². The first-order valence-electron chi connectivity index (χ1n) is 14.1. The first-order valence-corrected chi connectivity index (χ1v) is 14.8. The Balaban J connectivity index is 0.000000270. The fourth-order valence-corrected chi connectivity index (χ4v) is 4.40. The summed E-state index contributed by atoms with van der Waals surface area (Å²) in [5.74, 6) is 3.19. The lowest BCUT2D eigenvalue weighted by Gasteiger charge is -2.36. The monoisotopic (exact) mass is 742 g/mol. The largest absolute Gasteiger partial charge is 0.479 e. The molecule has 0 unspecified atom stereocenters. The summed E-state index contributed by atoms with van der Waals surface area (Å²) in [7, 11) is 2.34. The highest BCUT2D eigenvalue weighted by Gasteiger charge is 2.32.